The number of nitrogens with one attached hydrogen (secondary N) is 1. The highest BCUT2D eigenvalue weighted by Gasteiger charge is 2.23. The summed E-state index contributed by atoms with van der Waals surface area (Å²) >= 11 is 3.35. The summed E-state index contributed by atoms with van der Waals surface area (Å²) < 4.78 is 1.93. The minimum absolute atomic E-state index is 0.00935. The van der Waals surface area contributed by atoms with Crippen molar-refractivity contribution < 1.29 is 5.11 Å². The van der Waals surface area contributed by atoms with Gasteiger partial charge < -0.3 is 10.4 Å². The predicted octanol–water partition coefficient (Wildman–Crippen LogP) is 2.69. The van der Waals surface area contributed by atoms with Crippen molar-refractivity contribution in [3.8, 4) is 0 Å². The Morgan fingerprint density at radius 3 is 2.80 bits per heavy atom. The Balaban J connectivity index is 2.21. The van der Waals surface area contributed by atoms with Gasteiger partial charge in [-0.3, -0.25) is 4.79 Å². The lowest BCUT2D eigenvalue weighted by Gasteiger charge is -2.23. The summed E-state index contributed by atoms with van der Waals surface area (Å²) in [7, 11) is 0. The maximum Gasteiger partial charge on any atom is 0.283 e. The number of rotatable bonds is 3. The number of hydrogen-bond acceptors (Lipinski definition) is 4. The first-order chi connectivity index (χ1) is 9.50. The molecule has 0 amide bonds. The van der Waals surface area contributed by atoms with Crippen LogP contribution in [0.15, 0.2) is 15.5 Å². The van der Waals surface area contributed by atoms with Gasteiger partial charge in [-0.1, -0.05) is 19.3 Å². The van der Waals surface area contributed by atoms with Crippen LogP contribution in [0.3, 0.4) is 0 Å². The van der Waals surface area contributed by atoms with Crippen LogP contribution >= 0.6 is 15.9 Å². The molecule has 2 atom stereocenters. The third kappa shape index (κ3) is 3.41. The van der Waals surface area contributed by atoms with Crippen molar-refractivity contribution >= 4 is 21.6 Å². The zero-order valence-corrected chi connectivity index (χ0v) is 13.6. The molecule has 1 fully saturated rings. The number of hydrogen-bond donors (Lipinski definition) is 2. The monoisotopic (exact) mass is 343 g/mol. The van der Waals surface area contributed by atoms with Gasteiger partial charge in [0.05, 0.1) is 30.1 Å². The van der Waals surface area contributed by atoms with E-state index in [1.54, 1.807) is 6.20 Å². The van der Waals surface area contributed by atoms with E-state index in [9.17, 15) is 9.90 Å². The van der Waals surface area contributed by atoms with E-state index < -0.39 is 0 Å². The number of anilines is 1. The largest absolute Gasteiger partial charge is 0.391 e. The Kier molecular flexibility index (Phi) is 5.21. The van der Waals surface area contributed by atoms with Gasteiger partial charge in [-0.15, -0.1) is 0 Å². The molecule has 6 heteroatoms. The summed E-state index contributed by atoms with van der Waals surface area (Å²) in [6.45, 7) is 3.84. The Morgan fingerprint density at radius 2 is 2.10 bits per heavy atom. The number of halogens is 1. The van der Waals surface area contributed by atoms with Crippen LogP contribution in [-0.2, 0) is 0 Å². The minimum atomic E-state index is -0.364. The van der Waals surface area contributed by atoms with Crippen molar-refractivity contribution in [3.05, 3.63) is 21.0 Å². The van der Waals surface area contributed by atoms with E-state index in [1.807, 2.05) is 13.8 Å². The van der Waals surface area contributed by atoms with Crippen LogP contribution in [0.25, 0.3) is 0 Å². The maximum absolute atomic E-state index is 12.2. The van der Waals surface area contributed by atoms with Crippen LogP contribution in [0, 0.1) is 0 Å². The molecule has 112 valence electrons. The molecule has 0 aliphatic heterocycles. The van der Waals surface area contributed by atoms with Gasteiger partial charge in [0.1, 0.15) is 4.47 Å². The quantitative estimate of drug-likeness (QED) is 0.828. The Hall–Kier alpha value is -0.880. The third-order valence-electron chi connectivity index (χ3n) is 3.75. The molecule has 0 saturated heterocycles. The van der Waals surface area contributed by atoms with Gasteiger partial charge in [-0.25, -0.2) is 4.68 Å². The van der Waals surface area contributed by atoms with E-state index >= 15 is 0 Å². The van der Waals surface area contributed by atoms with Crippen LogP contribution in [0.1, 0.15) is 52.0 Å². The molecule has 5 nitrogen and oxygen atoms in total. The van der Waals surface area contributed by atoms with Crippen LogP contribution in [-0.4, -0.2) is 27.0 Å². The summed E-state index contributed by atoms with van der Waals surface area (Å²) in [5.41, 5.74) is 0.519. The molecule has 2 unspecified atom stereocenters. The van der Waals surface area contributed by atoms with Gasteiger partial charge >= 0.3 is 0 Å². The zero-order chi connectivity index (χ0) is 14.7. The van der Waals surface area contributed by atoms with Crippen molar-refractivity contribution in [1.29, 1.82) is 0 Å². The van der Waals surface area contributed by atoms with E-state index in [0.29, 0.717) is 10.2 Å². The molecule has 2 N–H and O–H groups in total. The van der Waals surface area contributed by atoms with Gasteiger partial charge in [-0.2, -0.15) is 5.10 Å². The van der Waals surface area contributed by atoms with Crippen LogP contribution in [0.5, 0.6) is 0 Å². The molecule has 1 aliphatic carbocycles. The van der Waals surface area contributed by atoms with E-state index in [2.05, 4.69) is 26.3 Å². The fourth-order valence-electron chi connectivity index (χ4n) is 2.57. The highest BCUT2D eigenvalue weighted by atomic mass is 79.9. The number of nitrogens with zero attached hydrogens (tertiary/aromatic N) is 2. The second-order valence-corrected chi connectivity index (χ2v) is 6.46. The lowest BCUT2D eigenvalue weighted by atomic mass is 10.1. The third-order valence-corrected chi connectivity index (χ3v) is 4.52. The second kappa shape index (κ2) is 6.72. The van der Waals surface area contributed by atoms with Crippen molar-refractivity contribution in [3.63, 3.8) is 0 Å². The van der Waals surface area contributed by atoms with Crippen LogP contribution < -0.4 is 10.9 Å². The molecule has 1 aromatic heterocycles. The average molecular weight is 344 g/mol. The normalized spacial score (nSPS) is 23.6. The highest BCUT2D eigenvalue weighted by molar-refractivity contribution is 9.10. The van der Waals surface area contributed by atoms with E-state index in [1.165, 1.54) is 4.68 Å². The summed E-state index contributed by atoms with van der Waals surface area (Å²) in [6.07, 6.45) is 6.34. The number of aromatic nitrogens is 2. The fourth-order valence-corrected chi connectivity index (χ4v) is 2.97. The van der Waals surface area contributed by atoms with Crippen molar-refractivity contribution in [2.24, 2.45) is 0 Å². The summed E-state index contributed by atoms with van der Waals surface area (Å²) in [4.78, 5) is 12.2. The first-order valence-electron chi connectivity index (χ1n) is 7.22. The van der Waals surface area contributed by atoms with E-state index in [0.717, 1.165) is 32.1 Å². The van der Waals surface area contributed by atoms with Crippen LogP contribution in [0.4, 0.5) is 5.69 Å². The van der Waals surface area contributed by atoms with E-state index in [4.69, 9.17) is 0 Å². The average Bonchev–Trinajstić information content (AvgIpc) is 2.60. The van der Waals surface area contributed by atoms with E-state index in [-0.39, 0.29) is 23.7 Å². The number of aliphatic hydroxyl groups excluding tert-OH is 1. The molecule has 1 heterocycles. The molecular weight excluding hydrogens is 322 g/mol. The van der Waals surface area contributed by atoms with Crippen molar-refractivity contribution in [1.82, 2.24) is 9.78 Å². The fraction of sp³-hybridized carbons (Fsp3) is 0.714. The lowest BCUT2D eigenvalue weighted by molar-refractivity contribution is 0.144. The topological polar surface area (TPSA) is 67.2 Å². The summed E-state index contributed by atoms with van der Waals surface area (Å²) in [6, 6.07) is 0.0150. The first kappa shape index (κ1) is 15.5. The maximum atomic E-state index is 12.2. The molecule has 1 aliphatic rings. The second-order valence-electron chi connectivity index (χ2n) is 5.67. The summed E-state index contributed by atoms with van der Waals surface area (Å²) in [5, 5.41) is 17.6. The molecule has 0 radical (unpaired) electrons. The zero-order valence-electron chi connectivity index (χ0n) is 12.0. The van der Waals surface area contributed by atoms with Gasteiger partial charge in [-0.05, 0) is 42.6 Å². The molecule has 0 bridgehead atoms. The predicted molar refractivity (Wildman–Crippen MR) is 83.1 cm³/mol. The first-order valence-corrected chi connectivity index (χ1v) is 8.02. The van der Waals surface area contributed by atoms with Gasteiger partial charge in [0, 0.05) is 0 Å². The van der Waals surface area contributed by atoms with Crippen LogP contribution in [0.2, 0.25) is 0 Å². The molecule has 1 aromatic rings. The molecular formula is C14H22BrN3O2. The molecule has 2 rings (SSSR count). The van der Waals surface area contributed by atoms with Gasteiger partial charge in [0.2, 0.25) is 0 Å². The Labute approximate surface area is 127 Å². The van der Waals surface area contributed by atoms with Gasteiger partial charge in [0.15, 0.2) is 0 Å². The Bertz CT molecular complexity index is 516. The molecule has 0 spiro atoms. The number of aliphatic hydroxyl groups is 1. The molecule has 20 heavy (non-hydrogen) atoms. The summed E-state index contributed by atoms with van der Waals surface area (Å²) in [5.74, 6) is 0. The highest BCUT2D eigenvalue weighted by Crippen LogP contribution is 2.24. The van der Waals surface area contributed by atoms with Crippen molar-refractivity contribution in [2.45, 2.75) is 64.1 Å². The minimum Gasteiger partial charge on any atom is -0.391 e. The van der Waals surface area contributed by atoms with Gasteiger partial charge in [0.25, 0.3) is 5.56 Å². The molecule has 0 aromatic carbocycles. The standard InChI is InChI=1S/C14H22BrN3O2/c1-9(2)18-14(20)13(15)11(8-16-18)17-10-6-4-3-5-7-12(10)19/h8-10,12,17,19H,3-7H2,1-2H3. The Morgan fingerprint density at radius 1 is 1.40 bits per heavy atom. The molecule has 1 saturated carbocycles. The van der Waals surface area contributed by atoms with Crippen molar-refractivity contribution in [2.75, 3.05) is 5.32 Å². The smallest absolute Gasteiger partial charge is 0.283 e. The lowest BCUT2D eigenvalue weighted by Crippen LogP contribution is -2.34. The SMILES string of the molecule is CC(C)n1ncc(NC2CCCCCC2O)c(Br)c1=O.